The van der Waals surface area contributed by atoms with Crippen molar-refractivity contribution in [3.05, 3.63) is 102 Å². The van der Waals surface area contributed by atoms with Crippen molar-refractivity contribution in [2.75, 3.05) is 27.3 Å². The smallest absolute Gasteiger partial charge is 0.407 e. The van der Waals surface area contributed by atoms with E-state index in [0.29, 0.717) is 24.5 Å². The van der Waals surface area contributed by atoms with Crippen molar-refractivity contribution >= 4 is 45.9 Å². The molecule has 15 nitrogen and oxygen atoms in total. The van der Waals surface area contributed by atoms with Crippen LogP contribution < -0.4 is 10.6 Å². The molecule has 0 spiro atoms. The Morgan fingerprint density at radius 3 is 2.10 bits per heavy atom. The number of H-pyrrole nitrogens is 2. The van der Waals surface area contributed by atoms with Gasteiger partial charge >= 0.3 is 12.2 Å². The Kier molecular flexibility index (Phi) is 11.0. The molecule has 6 aromatic rings. The molecule has 3 aromatic carbocycles. The molecule has 2 aliphatic rings. The first-order valence-corrected chi connectivity index (χ1v) is 19.9. The predicted molar refractivity (Wildman–Crippen MR) is 221 cm³/mol. The van der Waals surface area contributed by atoms with E-state index in [9.17, 15) is 19.2 Å². The molecule has 5 heterocycles. The summed E-state index contributed by atoms with van der Waals surface area (Å²) in [4.78, 5) is 76.8. The molecule has 304 valence electrons. The fraction of sp³-hybridized carbons (Fsp3) is 0.341. The fourth-order valence-electron chi connectivity index (χ4n) is 8.24. The van der Waals surface area contributed by atoms with Crippen LogP contribution in [-0.4, -0.2) is 92.1 Å². The van der Waals surface area contributed by atoms with Crippen LogP contribution in [-0.2, 0) is 19.1 Å². The maximum absolute atomic E-state index is 13.9. The van der Waals surface area contributed by atoms with E-state index in [2.05, 4.69) is 32.7 Å². The van der Waals surface area contributed by atoms with E-state index in [1.165, 1.54) is 14.2 Å². The number of hydrogen-bond acceptors (Lipinski definition) is 9. The number of likely N-dealkylation sites (tertiary alicyclic amines) is 2. The van der Waals surface area contributed by atoms with Gasteiger partial charge in [0.25, 0.3) is 5.91 Å². The summed E-state index contributed by atoms with van der Waals surface area (Å²) >= 11 is 0. The lowest BCUT2D eigenvalue weighted by molar-refractivity contribution is -0.135. The standard InChI is InChI=1S/C44H47N9O6/c1-25(2)37(50-43(56)58-3)41(54)53-21-9-13-36(53)40-47-31-18-15-28(23-33(31)48-40)27-14-17-30-29(22-27)16-19-32(46-30)34-24-45-39(49-34)35-12-8-20-52(35)42(55)38(51-44(57)59-4)26-10-6-5-7-11-26/h5-7,10-11,14-19,22-25,35-38H,8-9,12-13,20-21H2,1-4H3,(H,45,49)(H,47,48)(H,50,56)(H,51,57)/t35-,36-,37-,38+/m0/s1. The zero-order chi connectivity index (χ0) is 41.2. The first-order valence-electron chi connectivity index (χ1n) is 19.9. The lowest BCUT2D eigenvalue weighted by atomic mass is 10.0. The summed E-state index contributed by atoms with van der Waals surface area (Å²) in [5.41, 5.74) is 6.64. The van der Waals surface area contributed by atoms with Crippen molar-refractivity contribution in [3.8, 4) is 22.5 Å². The van der Waals surface area contributed by atoms with Gasteiger partial charge in [0.1, 0.15) is 23.7 Å². The zero-order valence-corrected chi connectivity index (χ0v) is 33.4. The number of nitrogens with zero attached hydrogens (tertiary/aromatic N) is 5. The molecule has 2 fully saturated rings. The van der Waals surface area contributed by atoms with Gasteiger partial charge in [-0.15, -0.1) is 0 Å². The highest BCUT2D eigenvalue weighted by molar-refractivity contribution is 5.90. The van der Waals surface area contributed by atoms with Crippen molar-refractivity contribution in [1.82, 2.24) is 45.4 Å². The lowest BCUT2D eigenvalue weighted by Crippen LogP contribution is -2.51. The quantitative estimate of drug-likeness (QED) is 0.114. The molecule has 4 N–H and O–H groups in total. The molecule has 2 saturated heterocycles. The second kappa shape index (κ2) is 16.6. The number of imidazole rings is 2. The van der Waals surface area contributed by atoms with E-state index < -0.39 is 24.3 Å². The van der Waals surface area contributed by atoms with Crippen LogP contribution in [0.15, 0.2) is 85.1 Å². The topological polar surface area (TPSA) is 188 Å². The molecule has 15 heteroatoms. The van der Waals surface area contributed by atoms with Crippen LogP contribution in [0.5, 0.6) is 0 Å². The molecule has 0 bridgehead atoms. The lowest BCUT2D eigenvalue weighted by Gasteiger charge is -2.29. The van der Waals surface area contributed by atoms with Gasteiger partial charge < -0.3 is 39.9 Å². The average Bonchev–Trinajstić information content (AvgIpc) is 4.10. The Bertz CT molecular complexity index is 2520. The summed E-state index contributed by atoms with van der Waals surface area (Å²) < 4.78 is 9.60. The molecule has 3 aromatic heterocycles. The van der Waals surface area contributed by atoms with E-state index in [1.54, 1.807) is 11.1 Å². The van der Waals surface area contributed by atoms with Crippen LogP contribution in [0.4, 0.5) is 9.59 Å². The SMILES string of the molecule is COC(=O)N[C@H](C(=O)N1CCC[C@H]1c1nc2ccc(-c3ccc4nc(-c5cnc([C@@H]6CCCN6C(=O)[C@H](NC(=O)OC)c6ccccc6)[nH]5)ccc4c3)cc2[nH]1)C(C)C. The molecule has 0 radical (unpaired) electrons. The van der Waals surface area contributed by atoms with E-state index >= 15 is 0 Å². The monoisotopic (exact) mass is 797 g/mol. The molecular weight excluding hydrogens is 751 g/mol. The Morgan fingerprint density at radius 1 is 0.729 bits per heavy atom. The van der Waals surface area contributed by atoms with Crippen LogP contribution in [0, 0.1) is 5.92 Å². The molecule has 0 aliphatic carbocycles. The number of carbonyl (C=O) groups is 4. The summed E-state index contributed by atoms with van der Waals surface area (Å²) in [7, 11) is 2.56. The number of fused-ring (bicyclic) bond motifs is 2. The number of nitrogens with one attached hydrogen (secondary N) is 4. The number of aromatic nitrogens is 5. The summed E-state index contributed by atoms with van der Waals surface area (Å²) in [6.45, 7) is 4.92. The molecule has 0 saturated carbocycles. The molecule has 4 atom stereocenters. The van der Waals surface area contributed by atoms with Crippen LogP contribution >= 0.6 is 0 Å². The number of pyridine rings is 1. The van der Waals surface area contributed by atoms with Gasteiger partial charge in [-0.05, 0) is 78.6 Å². The van der Waals surface area contributed by atoms with Gasteiger partial charge in [0.15, 0.2) is 0 Å². The maximum Gasteiger partial charge on any atom is 0.407 e. The highest BCUT2D eigenvalue weighted by Gasteiger charge is 2.39. The maximum atomic E-state index is 13.9. The van der Waals surface area contributed by atoms with Crippen molar-refractivity contribution < 1.29 is 28.7 Å². The predicted octanol–water partition coefficient (Wildman–Crippen LogP) is 6.97. The van der Waals surface area contributed by atoms with Gasteiger partial charge in [0.2, 0.25) is 5.91 Å². The summed E-state index contributed by atoms with van der Waals surface area (Å²) in [5, 5.41) is 6.38. The van der Waals surface area contributed by atoms with Crippen molar-refractivity contribution in [3.63, 3.8) is 0 Å². The second-order valence-electron chi connectivity index (χ2n) is 15.4. The van der Waals surface area contributed by atoms with E-state index in [0.717, 1.165) is 76.0 Å². The molecule has 59 heavy (non-hydrogen) atoms. The van der Waals surface area contributed by atoms with Crippen LogP contribution in [0.3, 0.4) is 0 Å². The van der Waals surface area contributed by atoms with E-state index in [1.807, 2.05) is 85.5 Å². The first kappa shape index (κ1) is 39.1. The number of alkyl carbamates (subject to hydrolysis) is 2. The molecule has 4 amide bonds. The van der Waals surface area contributed by atoms with Crippen LogP contribution in [0.1, 0.15) is 74.9 Å². The number of methoxy groups -OCH3 is 2. The third-order valence-corrected chi connectivity index (χ3v) is 11.3. The van der Waals surface area contributed by atoms with Crippen molar-refractivity contribution in [2.24, 2.45) is 5.92 Å². The zero-order valence-electron chi connectivity index (χ0n) is 33.4. The summed E-state index contributed by atoms with van der Waals surface area (Å²) in [5.74, 6) is 0.889. The highest BCUT2D eigenvalue weighted by atomic mass is 16.5. The Balaban J connectivity index is 0.985. The van der Waals surface area contributed by atoms with E-state index in [-0.39, 0.29) is 29.8 Å². The van der Waals surface area contributed by atoms with Crippen LogP contribution in [0.25, 0.3) is 44.5 Å². The Morgan fingerprint density at radius 2 is 1.39 bits per heavy atom. The first-order chi connectivity index (χ1) is 28.6. The summed E-state index contributed by atoms with van der Waals surface area (Å²) in [6, 6.07) is 23.3. The highest BCUT2D eigenvalue weighted by Crippen LogP contribution is 2.36. The molecule has 8 rings (SSSR count). The van der Waals surface area contributed by atoms with E-state index in [4.69, 9.17) is 24.4 Å². The Hall–Kier alpha value is -6.77. The van der Waals surface area contributed by atoms with Gasteiger partial charge in [-0.1, -0.05) is 62.4 Å². The minimum absolute atomic E-state index is 0.117. The van der Waals surface area contributed by atoms with Crippen molar-refractivity contribution in [1.29, 1.82) is 0 Å². The fourth-order valence-corrected chi connectivity index (χ4v) is 8.24. The van der Waals surface area contributed by atoms with Crippen LogP contribution in [0.2, 0.25) is 0 Å². The molecule has 0 unspecified atom stereocenters. The number of hydrogen-bond donors (Lipinski definition) is 4. The molecule has 2 aliphatic heterocycles. The Labute approximate surface area is 340 Å². The number of rotatable bonds is 10. The van der Waals surface area contributed by atoms with Gasteiger partial charge in [-0.25, -0.2) is 24.5 Å². The van der Waals surface area contributed by atoms with Gasteiger partial charge in [0, 0.05) is 18.5 Å². The third-order valence-electron chi connectivity index (χ3n) is 11.3. The average molecular weight is 798 g/mol. The normalized spacial score (nSPS) is 17.6. The van der Waals surface area contributed by atoms with Crippen molar-refractivity contribution in [2.45, 2.75) is 63.7 Å². The van der Waals surface area contributed by atoms with Gasteiger partial charge in [-0.2, -0.15) is 0 Å². The minimum Gasteiger partial charge on any atom is -0.453 e. The number of aromatic amines is 2. The minimum atomic E-state index is -0.897. The number of benzene rings is 3. The summed E-state index contributed by atoms with van der Waals surface area (Å²) in [6.07, 6.45) is 3.57. The number of carbonyl (C=O) groups excluding carboxylic acids is 4. The van der Waals surface area contributed by atoms with Gasteiger partial charge in [0.05, 0.1) is 60.4 Å². The number of ether oxygens (including phenoxy) is 2. The third kappa shape index (κ3) is 7.92. The molecular formula is C44H47N9O6. The number of amides is 4. The largest absolute Gasteiger partial charge is 0.453 e. The second-order valence-corrected chi connectivity index (χ2v) is 15.4. The van der Waals surface area contributed by atoms with Gasteiger partial charge in [-0.3, -0.25) is 9.59 Å².